The minimum Gasteiger partial charge on any atom is -0.355 e. The third kappa shape index (κ3) is 3.22. The molecular formula is C16H19N3O2. The minimum absolute atomic E-state index is 0.139. The van der Waals surface area contributed by atoms with Crippen LogP contribution in [0.25, 0.3) is 0 Å². The van der Waals surface area contributed by atoms with Gasteiger partial charge in [0.2, 0.25) is 5.91 Å². The zero-order valence-corrected chi connectivity index (χ0v) is 12.1. The average molecular weight is 285 g/mol. The van der Waals surface area contributed by atoms with Gasteiger partial charge in [-0.25, -0.2) is 0 Å². The molecule has 1 saturated carbocycles. The van der Waals surface area contributed by atoms with Crippen LogP contribution in [0.15, 0.2) is 24.3 Å². The Kier molecular flexibility index (Phi) is 4.59. The third-order valence-corrected chi connectivity index (χ3v) is 4.00. The van der Waals surface area contributed by atoms with Gasteiger partial charge in [-0.2, -0.15) is 5.26 Å². The summed E-state index contributed by atoms with van der Waals surface area (Å²) in [6.07, 6.45) is 3.15. The number of nitriles is 1. The predicted octanol–water partition coefficient (Wildman–Crippen LogP) is 1.75. The Bertz CT molecular complexity index is 566. The largest absolute Gasteiger partial charge is 0.355 e. The van der Waals surface area contributed by atoms with Gasteiger partial charge in [0.1, 0.15) is 5.41 Å². The summed E-state index contributed by atoms with van der Waals surface area (Å²) in [4.78, 5) is 23.6. The zero-order valence-electron chi connectivity index (χ0n) is 12.1. The van der Waals surface area contributed by atoms with Gasteiger partial charge in [-0.1, -0.05) is 25.0 Å². The highest BCUT2D eigenvalue weighted by Gasteiger charge is 2.41. The summed E-state index contributed by atoms with van der Waals surface area (Å²) < 4.78 is 0. The molecule has 1 aliphatic rings. The number of amides is 2. The molecule has 1 aliphatic carbocycles. The smallest absolute Gasteiger partial charge is 0.251 e. The molecule has 0 atom stereocenters. The van der Waals surface area contributed by atoms with Crippen molar-refractivity contribution in [1.29, 1.82) is 5.26 Å². The Balaban J connectivity index is 1.95. The van der Waals surface area contributed by atoms with Crippen LogP contribution in [0.1, 0.15) is 41.6 Å². The van der Waals surface area contributed by atoms with E-state index >= 15 is 0 Å². The van der Waals surface area contributed by atoms with Crippen LogP contribution < -0.4 is 10.6 Å². The fraction of sp³-hybridized carbons (Fsp3) is 0.438. The lowest BCUT2D eigenvalue weighted by Gasteiger charge is -2.19. The highest BCUT2D eigenvalue weighted by atomic mass is 16.2. The maximum atomic E-state index is 12.2. The summed E-state index contributed by atoms with van der Waals surface area (Å²) in [7, 11) is 1.58. The molecule has 1 fully saturated rings. The molecule has 0 radical (unpaired) electrons. The molecule has 1 aromatic carbocycles. The molecule has 2 amide bonds. The number of nitrogens with zero attached hydrogens (tertiary/aromatic N) is 1. The van der Waals surface area contributed by atoms with Gasteiger partial charge in [0.05, 0.1) is 6.07 Å². The van der Waals surface area contributed by atoms with Crippen LogP contribution in [0.4, 0.5) is 0 Å². The number of benzene rings is 1. The summed E-state index contributed by atoms with van der Waals surface area (Å²) in [6.45, 7) is 0.371. The van der Waals surface area contributed by atoms with Gasteiger partial charge in [-0.05, 0) is 30.5 Å². The molecular weight excluding hydrogens is 266 g/mol. The van der Waals surface area contributed by atoms with Gasteiger partial charge in [0, 0.05) is 19.2 Å². The lowest BCUT2D eigenvalue weighted by molar-refractivity contribution is -0.128. The topological polar surface area (TPSA) is 82.0 Å². The normalized spacial score (nSPS) is 16.0. The van der Waals surface area contributed by atoms with Crippen molar-refractivity contribution in [2.24, 2.45) is 5.41 Å². The summed E-state index contributed by atoms with van der Waals surface area (Å²) in [6, 6.07) is 9.22. The lowest BCUT2D eigenvalue weighted by atomic mass is 9.87. The van der Waals surface area contributed by atoms with E-state index in [1.54, 1.807) is 31.3 Å². The standard InChI is InChI=1S/C16H19N3O2/c1-18-14(20)13-6-4-12(5-7-13)10-19-15(21)16(11-17)8-2-3-9-16/h4-7H,2-3,8-10H2,1H3,(H,18,20)(H,19,21). The van der Waals surface area contributed by atoms with Crippen LogP contribution in [0, 0.1) is 16.7 Å². The van der Waals surface area contributed by atoms with E-state index in [2.05, 4.69) is 16.7 Å². The second kappa shape index (κ2) is 6.40. The molecule has 0 aliphatic heterocycles. The number of hydrogen-bond acceptors (Lipinski definition) is 3. The van der Waals surface area contributed by atoms with Crippen LogP contribution >= 0.6 is 0 Å². The number of rotatable bonds is 4. The molecule has 21 heavy (non-hydrogen) atoms. The molecule has 0 bridgehead atoms. The molecule has 2 N–H and O–H groups in total. The van der Waals surface area contributed by atoms with Gasteiger partial charge in [0.25, 0.3) is 5.91 Å². The quantitative estimate of drug-likeness (QED) is 0.884. The van der Waals surface area contributed by atoms with Crippen molar-refractivity contribution in [2.45, 2.75) is 32.2 Å². The second-order valence-corrected chi connectivity index (χ2v) is 5.36. The summed E-state index contributed by atoms with van der Waals surface area (Å²) in [5, 5.41) is 14.6. The van der Waals surface area contributed by atoms with Crippen molar-refractivity contribution in [3.8, 4) is 6.07 Å². The molecule has 5 heteroatoms. The van der Waals surface area contributed by atoms with Gasteiger partial charge >= 0.3 is 0 Å². The molecule has 0 aromatic heterocycles. The maximum absolute atomic E-state index is 12.2. The second-order valence-electron chi connectivity index (χ2n) is 5.36. The van der Waals surface area contributed by atoms with E-state index < -0.39 is 5.41 Å². The zero-order chi connectivity index (χ0) is 15.3. The molecule has 1 aromatic rings. The van der Waals surface area contributed by atoms with E-state index in [9.17, 15) is 14.9 Å². The van der Waals surface area contributed by atoms with Crippen molar-refractivity contribution in [3.63, 3.8) is 0 Å². The van der Waals surface area contributed by atoms with E-state index in [4.69, 9.17) is 0 Å². The van der Waals surface area contributed by atoms with Gasteiger partial charge in [-0.3, -0.25) is 9.59 Å². The molecule has 0 heterocycles. The Morgan fingerprint density at radius 3 is 2.38 bits per heavy atom. The monoisotopic (exact) mass is 285 g/mol. The minimum atomic E-state index is -0.845. The van der Waals surface area contributed by atoms with Crippen LogP contribution in [-0.4, -0.2) is 18.9 Å². The van der Waals surface area contributed by atoms with Gasteiger partial charge < -0.3 is 10.6 Å². The summed E-state index contributed by atoms with van der Waals surface area (Å²) in [5.74, 6) is -0.321. The molecule has 0 spiro atoms. The van der Waals surface area contributed by atoms with Gasteiger partial charge in [0.15, 0.2) is 0 Å². The number of carbonyl (C=O) groups is 2. The van der Waals surface area contributed by atoms with Crippen molar-refractivity contribution in [1.82, 2.24) is 10.6 Å². The third-order valence-electron chi connectivity index (χ3n) is 4.00. The highest BCUT2D eigenvalue weighted by Crippen LogP contribution is 2.37. The van der Waals surface area contributed by atoms with Crippen molar-refractivity contribution in [3.05, 3.63) is 35.4 Å². The van der Waals surface area contributed by atoms with E-state index in [0.29, 0.717) is 24.9 Å². The van der Waals surface area contributed by atoms with Gasteiger partial charge in [-0.15, -0.1) is 0 Å². The van der Waals surface area contributed by atoms with Crippen molar-refractivity contribution in [2.75, 3.05) is 7.05 Å². The fourth-order valence-corrected chi connectivity index (χ4v) is 2.64. The van der Waals surface area contributed by atoms with Crippen molar-refractivity contribution < 1.29 is 9.59 Å². The summed E-state index contributed by atoms with van der Waals surface area (Å²) in [5.41, 5.74) is 0.640. The van der Waals surface area contributed by atoms with E-state index in [1.165, 1.54) is 0 Å². The molecule has 110 valence electrons. The van der Waals surface area contributed by atoms with Crippen molar-refractivity contribution >= 4 is 11.8 Å². The first-order valence-electron chi connectivity index (χ1n) is 7.12. The lowest BCUT2D eigenvalue weighted by Crippen LogP contribution is -2.37. The number of carbonyl (C=O) groups excluding carboxylic acids is 2. The van der Waals surface area contributed by atoms with Crippen LogP contribution in [-0.2, 0) is 11.3 Å². The van der Waals surface area contributed by atoms with Crippen LogP contribution in [0.2, 0.25) is 0 Å². The molecule has 5 nitrogen and oxygen atoms in total. The van der Waals surface area contributed by atoms with E-state index in [0.717, 1.165) is 18.4 Å². The number of nitrogens with one attached hydrogen (secondary N) is 2. The Labute approximate surface area is 124 Å². The first kappa shape index (κ1) is 15.0. The SMILES string of the molecule is CNC(=O)c1ccc(CNC(=O)C2(C#N)CCCC2)cc1. The first-order valence-corrected chi connectivity index (χ1v) is 7.12. The summed E-state index contributed by atoms with van der Waals surface area (Å²) >= 11 is 0. The Morgan fingerprint density at radius 1 is 1.24 bits per heavy atom. The van der Waals surface area contributed by atoms with Crippen LogP contribution in [0.5, 0.6) is 0 Å². The Hall–Kier alpha value is -2.35. The maximum Gasteiger partial charge on any atom is 0.251 e. The van der Waals surface area contributed by atoms with E-state index in [-0.39, 0.29) is 11.8 Å². The van der Waals surface area contributed by atoms with Crippen LogP contribution in [0.3, 0.4) is 0 Å². The fourth-order valence-electron chi connectivity index (χ4n) is 2.64. The molecule has 0 saturated heterocycles. The number of hydrogen-bond donors (Lipinski definition) is 2. The molecule has 0 unspecified atom stereocenters. The average Bonchev–Trinajstić information content (AvgIpc) is 3.02. The highest BCUT2D eigenvalue weighted by molar-refractivity contribution is 5.94. The molecule has 2 rings (SSSR count). The Morgan fingerprint density at radius 2 is 1.86 bits per heavy atom. The van der Waals surface area contributed by atoms with E-state index in [1.807, 2.05) is 0 Å². The predicted molar refractivity (Wildman–Crippen MR) is 78.2 cm³/mol. The first-order chi connectivity index (χ1) is 10.1.